The average molecular weight is 364 g/mol. The molecule has 0 radical (unpaired) electrons. The van der Waals surface area contributed by atoms with Gasteiger partial charge in [0.15, 0.2) is 11.6 Å². The van der Waals surface area contributed by atoms with E-state index in [1.54, 1.807) is 30.3 Å². The van der Waals surface area contributed by atoms with E-state index in [0.717, 1.165) is 5.69 Å². The lowest BCUT2D eigenvalue weighted by Gasteiger charge is -2.12. The molecule has 7 nitrogen and oxygen atoms in total. The van der Waals surface area contributed by atoms with Crippen molar-refractivity contribution >= 4 is 23.2 Å². The van der Waals surface area contributed by atoms with E-state index in [2.05, 4.69) is 20.8 Å². The predicted molar refractivity (Wildman–Crippen MR) is 104 cm³/mol. The molecule has 3 aromatic rings. The van der Waals surface area contributed by atoms with Crippen molar-refractivity contribution < 1.29 is 14.3 Å². The summed E-state index contributed by atoms with van der Waals surface area (Å²) in [4.78, 5) is 12.6. The van der Waals surface area contributed by atoms with Crippen LogP contribution in [0.15, 0.2) is 54.6 Å². The molecule has 138 valence electrons. The molecule has 0 aliphatic heterocycles. The summed E-state index contributed by atoms with van der Waals surface area (Å²) in [6.45, 7) is 2.03. The molecule has 2 N–H and O–H groups in total. The van der Waals surface area contributed by atoms with Gasteiger partial charge >= 0.3 is 0 Å². The topological polar surface area (TPSA) is 85.4 Å². The summed E-state index contributed by atoms with van der Waals surface area (Å²) >= 11 is 0. The third-order valence-corrected chi connectivity index (χ3v) is 3.89. The molecule has 0 saturated carbocycles. The van der Waals surface area contributed by atoms with Gasteiger partial charge in [-0.1, -0.05) is 23.8 Å². The lowest BCUT2D eigenvalue weighted by Crippen LogP contribution is -2.15. The Morgan fingerprint density at radius 1 is 0.852 bits per heavy atom. The molecule has 3 rings (SSSR count). The summed E-state index contributed by atoms with van der Waals surface area (Å²) in [7, 11) is 2.99. The summed E-state index contributed by atoms with van der Waals surface area (Å²) in [5.41, 5.74) is 2.38. The highest BCUT2D eigenvalue weighted by Crippen LogP contribution is 2.28. The van der Waals surface area contributed by atoms with Crippen LogP contribution in [0.3, 0.4) is 0 Å². The van der Waals surface area contributed by atoms with Crippen molar-refractivity contribution in [3.8, 4) is 11.5 Å². The first kappa shape index (κ1) is 18.2. The van der Waals surface area contributed by atoms with Crippen molar-refractivity contribution in [2.45, 2.75) is 6.92 Å². The molecular weight excluding hydrogens is 344 g/mol. The highest BCUT2D eigenvalue weighted by molar-refractivity contribution is 6.07. The second-order valence-electron chi connectivity index (χ2n) is 5.79. The van der Waals surface area contributed by atoms with E-state index in [-0.39, 0.29) is 0 Å². The van der Waals surface area contributed by atoms with Crippen LogP contribution in [-0.2, 0) is 0 Å². The molecule has 1 aromatic heterocycles. The standard InChI is InChI=1S/C20H20N4O3/c1-13-7-9-14(10-8-13)21-17-11-12-18(24-23-17)22-20(25)19-15(26-2)5-4-6-16(19)27-3/h4-12H,1-3H3,(H,21,23)(H,22,24,25). The quantitative estimate of drug-likeness (QED) is 0.692. The van der Waals surface area contributed by atoms with Crippen LogP contribution in [0.1, 0.15) is 15.9 Å². The maximum absolute atomic E-state index is 12.6. The number of nitrogens with zero attached hydrogens (tertiary/aromatic N) is 2. The number of carbonyl (C=O) groups excluding carboxylic acids is 1. The van der Waals surface area contributed by atoms with Crippen LogP contribution in [0.4, 0.5) is 17.3 Å². The number of hydrogen-bond acceptors (Lipinski definition) is 6. The van der Waals surface area contributed by atoms with Crippen molar-refractivity contribution in [3.63, 3.8) is 0 Å². The van der Waals surface area contributed by atoms with Crippen LogP contribution < -0.4 is 20.1 Å². The van der Waals surface area contributed by atoms with Gasteiger partial charge in [0.2, 0.25) is 0 Å². The molecule has 0 saturated heterocycles. The maximum Gasteiger partial charge on any atom is 0.264 e. The lowest BCUT2D eigenvalue weighted by molar-refractivity contribution is 0.102. The minimum atomic E-state index is -0.391. The number of rotatable bonds is 6. The Balaban J connectivity index is 1.73. The Bertz CT molecular complexity index is 903. The second-order valence-corrected chi connectivity index (χ2v) is 5.79. The molecule has 0 fully saturated rings. The van der Waals surface area contributed by atoms with Crippen LogP contribution >= 0.6 is 0 Å². The SMILES string of the molecule is COc1cccc(OC)c1C(=O)Nc1ccc(Nc2ccc(C)cc2)nn1. The van der Waals surface area contributed by atoms with Gasteiger partial charge in [-0.3, -0.25) is 4.79 Å². The summed E-state index contributed by atoms with van der Waals surface area (Å²) in [5.74, 6) is 1.34. The van der Waals surface area contributed by atoms with Crippen molar-refractivity contribution in [1.29, 1.82) is 0 Å². The van der Waals surface area contributed by atoms with Gasteiger partial charge in [0.25, 0.3) is 5.91 Å². The first-order valence-electron chi connectivity index (χ1n) is 8.30. The van der Waals surface area contributed by atoms with Gasteiger partial charge in [-0.15, -0.1) is 10.2 Å². The monoisotopic (exact) mass is 364 g/mol. The molecule has 1 amide bonds. The summed E-state index contributed by atoms with van der Waals surface area (Å²) in [6.07, 6.45) is 0. The fraction of sp³-hybridized carbons (Fsp3) is 0.150. The van der Waals surface area contributed by atoms with Gasteiger partial charge < -0.3 is 20.1 Å². The van der Waals surface area contributed by atoms with Crippen LogP contribution in [0.2, 0.25) is 0 Å². The Labute approximate surface area is 157 Å². The molecule has 2 aromatic carbocycles. The fourth-order valence-corrected chi connectivity index (χ4v) is 2.50. The molecular formula is C20H20N4O3. The van der Waals surface area contributed by atoms with Crippen molar-refractivity contribution in [2.24, 2.45) is 0 Å². The molecule has 0 spiro atoms. The Morgan fingerprint density at radius 2 is 1.44 bits per heavy atom. The summed E-state index contributed by atoms with van der Waals surface area (Å²) < 4.78 is 10.5. The number of methoxy groups -OCH3 is 2. The lowest BCUT2D eigenvalue weighted by atomic mass is 10.1. The Morgan fingerprint density at radius 3 is 2.00 bits per heavy atom. The number of anilines is 3. The molecule has 0 atom stereocenters. The van der Waals surface area contributed by atoms with Gasteiger partial charge in [0.05, 0.1) is 14.2 Å². The van der Waals surface area contributed by atoms with Crippen LogP contribution in [-0.4, -0.2) is 30.3 Å². The normalized spacial score (nSPS) is 10.2. The number of amides is 1. The number of ether oxygens (including phenoxy) is 2. The molecule has 1 heterocycles. The molecule has 0 aliphatic rings. The predicted octanol–water partition coefficient (Wildman–Crippen LogP) is 3.80. The minimum Gasteiger partial charge on any atom is -0.496 e. The van der Waals surface area contributed by atoms with Crippen LogP contribution in [0.25, 0.3) is 0 Å². The fourth-order valence-electron chi connectivity index (χ4n) is 2.50. The number of aromatic nitrogens is 2. The third kappa shape index (κ3) is 4.33. The molecule has 0 aliphatic carbocycles. The largest absolute Gasteiger partial charge is 0.496 e. The van der Waals surface area contributed by atoms with E-state index in [1.165, 1.54) is 19.8 Å². The Kier molecular flexibility index (Phi) is 5.51. The van der Waals surface area contributed by atoms with E-state index in [0.29, 0.717) is 28.7 Å². The number of hydrogen-bond donors (Lipinski definition) is 2. The first-order valence-corrected chi connectivity index (χ1v) is 8.30. The second kappa shape index (κ2) is 8.18. The van der Waals surface area contributed by atoms with E-state index in [1.807, 2.05) is 31.2 Å². The van der Waals surface area contributed by atoms with Gasteiger partial charge in [-0.05, 0) is 43.3 Å². The smallest absolute Gasteiger partial charge is 0.264 e. The van der Waals surface area contributed by atoms with Gasteiger partial charge in [-0.2, -0.15) is 0 Å². The van der Waals surface area contributed by atoms with Crippen molar-refractivity contribution in [1.82, 2.24) is 10.2 Å². The van der Waals surface area contributed by atoms with Crippen molar-refractivity contribution in [3.05, 3.63) is 65.7 Å². The van der Waals surface area contributed by atoms with E-state index in [4.69, 9.17) is 9.47 Å². The van der Waals surface area contributed by atoms with Gasteiger partial charge in [0, 0.05) is 5.69 Å². The molecule has 0 bridgehead atoms. The highest BCUT2D eigenvalue weighted by atomic mass is 16.5. The number of nitrogens with one attached hydrogen (secondary N) is 2. The zero-order valence-electron chi connectivity index (χ0n) is 15.3. The maximum atomic E-state index is 12.6. The minimum absolute atomic E-state index is 0.297. The number of aryl methyl sites for hydroxylation is 1. The van der Waals surface area contributed by atoms with Crippen molar-refractivity contribution in [2.75, 3.05) is 24.9 Å². The number of carbonyl (C=O) groups is 1. The van der Waals surface area contributed by atoms with E-state index in [9.17, 15) is 4.79 Å². The number of benzene rings is 2. The third-order valence-electron chi connectivity index (χ3n) is 3.89. The van der Waals surface area contributed by atoms with Crippen LogP contribution in [0, 0.1) is 6.92 Å². The summed E-state index contributed by atoms with van der Waals surface area (Å²) in [6, 6.07) is 16.5. The summed E-state index contributed by atoms with van der Waals surface area (Å²) in [5, 5.41) is 14.0. The molecule has 0 unspecified atom stereocenters. The zero-order valence-corrected chi connectivity index (χ0v) is 15.3. The zero-order chi connectivity index (χ0) is 19.2. The Hall–Kier alpha value is -3.61. The van der Waals surface area contributed by atoms with Crippen LogP contribution in [0.5, 0.6) is 11.5 Å². The average Bonchev–Trinajstić information content (AvgIpc) is 2.70. The molecule has 7 heteroatoms. The van der Waals surface area contributed by atoms with Gasteiger partial charge in [-0.25, -0.2) is 0 Å². The molecule has 27 heavy (non-hydrogen) atoms. The first-order chi connectivity index (χ1) is 13.1. The van der Waals surface area contributed by atoms with E-state index >= 15 is 0 Å². The van der Waals surface area contributed by atoms with Gasteiger partial charge in [0.1, 0.15) is 17.1 Å². The highest BCUT2D eigenvalue weighted by Gasteiger charge is 2.18. The van der Waals surface area contributed by atoms with E-state index < -0.39 is 5.91 Å².